The van der Waals surface area contributed by atoms with Crippen LogP contribution in [0.1, 0.15) is 74.7 Å². The molecule has 0 amide bonds. The Kier molecular flexibility index (Phi) is 12.2. The Labute approximate surface area is 176 Å². The second-order valence-corrected chi connectivity index (χ2v) is 10.5. The minimum absolute atomic E-state index is 0.363. The Morgan fingerprint density at radius 1 is 0.929 bits per heavy atom. The van der Waals surface area contributed by atoms with Crippen molar-refractivity contribution in [2.75, 3.05) is 52.4 Å². The number of hydrogen-bond donors (Lipinski definition) is 1. The van der Waals surface area contributed by atoms with Crippen LogP contribution in [0.15, 0.2) is 0 Å². The van der Waals surface area contributed by atoms with E-state index in [1.807, 2.05) is 0 Å². The molecule has 2 fully saturated rings. The lowest BCUT2D eigenvalue weighted by Crippen LogP contribution is -2.46. The van der Waals surface area contributed by atoms with E-state index in [1.165, 1.54) is 45.4 Å². The molecule has 28 heavy (non-hydrogen) atoms. The van der Waals surface area contributed by atoms with Crippen molar-refractivity contribution in [2.24, 2.45) is 17.3 Å². The second-order valence-electron chi connectivity index (χ2n) is 10.5. The van der Waals surface area contributed by atoms with Gasteiger partial charge in [-0.05, 0) is 77.3 Å². The highest BCUT2D eigenvalue weighted by atomic mass is 16.5. The first-order valence-corrected chi connectivity index (χ1v) is 11.9. The van der Waals surface area contributed by atoms with Crippen LogP contribution in [-0.2, 0) is 4.74 Å². The predicted octanol–water partition coefficient (Wildman–Crippen LogP) is 4.50. The molecule has 2 heterocycles. The molecule has 0 aromatic carbocycles. The molecule has 2 saturated heterocycles. The zero-order valence-corrected chi connectivity index (χ0v) is 20.4. The van der Waals surface area contributed by atoms with Gasteiger partial charge in [0.15, 0.2) is 0 Å². The number of rotatable bonds is 8. The topological polar surface area (TPSA) is 27.7 Å². The Balaban J connectivity index is 0.000000362. The van der Waals surface area contributed by atoms with Gasteiger partial charge in [0.2, 0.25) is 0 Å². The van der Waals surface area contributed by atoms with Gasteiger partial charge >= 0.3 is 0 Å². The van der Waals surface area contributed by atoms with Gasteiger partial charge in [0.05, 0.1) is 12.7 Å². The van der Waals surface area contributed by atoms with Gasteiger partial charge in [-0.1, -0.05) is 27.7 Å². The molecule has 2 aliphatic heterocycles. The van der Waals surface area contributed by atoms with E-state index < -0.39 is 0 Å². The molecule has 2 rings (SSSR count). The highest BCUT2D eigenvalue weighted by Gasteiger charge is 2.32. The average molecular weight is 398 g/mol. The first kappa shape index (κ1) is 25.9. The second kappa shape index (κ2) is 13.2. The third-order valence-electron chi connectivity index (χ3n) is 6.37. The van der Waals surface area contributed by atoms with Crippen LogP contribution >= 0.6 is 0 Å². The van der Waals surface area contributed by atoms with Crippen LogP contribution in [0.5, 0.6) is 0 Å². The van der Waals surface area contributed by atoms with Crippen molar-refractivity contribution in [2.45, 2.75) is 86.8 Å². The van der Waals surface area contributed by atoms with Crippen LogP contribution in [-0.4, -0.2) is 74.4 Å². The molecule has 2 aliphatic rings. The summed E-state index contributed by atoms with van der Waals surface area (Å²) in [5, 5.41) is 3.33. The highest BCUT2D eigenvalue weighted by Crippen LogP contribution is 2.39. The van der Waals surface area contributed by atoms with Crippen LogP contribution in [0.4, 0.5) is 0 Å². The Bertz CT molecular complexity index is 381. The van der Waals surface area contributed by atoms with Crippen LogP contribution in [0.3, 0.4) is 0 Å². The van der Waals surface area contributed by atoms with Gasteiger partial charge in [-0.25, -0.2) is 0 Å². The summed E-state index contributed by atoms with van der Waals surface area (Å²) in [4.78, 5) is 5.07. The predicted molar refractivity (Wildman–Crippen MR) is 123 cm³/mol. The van der Waals surface area contributed by atoms with E-state index in [4.69, 9.17) is 4.74 Å². The summed E-state index contributed by atoms with van der Waals surface area (Å²) >= 11 is 0. The molecule has 0 aliphatic carbocycles. The van der Waals surface area contributed by atoms with Crippen molar-refractivity contribution >= 4 is 0 Å². The number of ether oxygens (including phenoxy) is 1. The number of hydrogen-bond acceptors (Lipinski definition) is 4. The molecule has 0 spiro atoms. The summed E-state index contributed by atoms with van der Waals surface area (Å²) in [5.41, 5.74) is 0.509. The number of piperazine rings is 1. The highest BCUT2D eigenvalue weighted by molar-refractivity contribution is 4.84. The van der Waals surface area contributed by atoms with E-state index in [-0.39, 0.29) is 0 Å². The van der Waals surface area contributed by atoms with Crippen LogP contribution in [0.2, 0.25) is 0 Å². The van der Waals surface area contributed by atoms with Crippen LogP contribution in [0.25, 0.3) is 0 Å². The lowest BCUT2D eigenvalue weighted by Gasteiger charge is -2.41. The van der Waals surface area contributed by atoms with E-state index in [0.717, 1.165) is 44.1 Å². The standard InChI is InChI=1S/C17H35NO.C7H16N2/c1-14(2)13-17(5,6)16-7-9-18(10-8-16)11-12-19-15(3)4;1-7(2)9-5-3-8-4-6-9/h14-16H,7-13H2,1-6H3;7-8H,3-6H2,1-2H3. The lowest BCUT2D eigenvalue weighted by atomic mass is 9.69. The Hall–Kier alpha value is -0.160. The van der Waals surface area contributed by atoms with Gasteiger partial charge in [-0.2, -0.15) is 0 Å². The molecule has 0 aromatic rings. The van der Waals surface area contributed by atoms with E-state index in [9.17, 15) is 0 Å². The van der Waals surface area contributed by atoms with Crippen molar-refractivity contribution in [1.82, 2.24) is 15.1 Å². The SMILES string of the molecule is CC(C)CC(C)(C)C1CCN(CCOC(C)C)CC1.CC(C)N1CCNCC1. The fraction of sp³-hybridized carbons (Fsp3) is 1.00. The fourth-order valence-corrected chi connectivity index (χ4v) is 4.77. The monoisotopic (exact) mass is 397 g/mol. The molecule has 0 radical (unpaired) electrons. The minimum Gasteiger partial charge on any atom is -0.377 e. The van der Waals surface area contributed by atoms with Gasteiger partial charge in [-0.3, -0.25) is 4.90 Å². The van der Waals surface area contributed by atoms with Crippen molar-refractivity contribution in [3.05, 3.63) is 0 Å². The summed E-state index contributed by atoms with van der Waals surface area (Å²) in [7, 11) is 0. The maximum absolute atomic E-state index is 5.65. The summed E-state index contributed by atoms with van der Waals surface area (Å²) in [6.07, 6.45) is 4.44. The minimum atomic E-state index is 0.363. The van der Waals surface area contributed by atoms with Gasteiger partial charge < -0.3 is 15.0 Å². The summed E-state index contributed by atoms with van der Waals surface area (Å²) in [6, 6.07) is 0.729. The van der Waals surface area contributed by atoms with Crippen LogP contribution in [0, 0.1) is 17.3 Å². The molecular weight excluding hydrogens is 346 g/mol. The summed E-state index contributed by atoms with van der Waals surface area (Å²) < 4.78 is 5.65. The van der Waals surface area contributed by atoms with Gasteiger partial charge in [0, 0.05) is 38.8 Å². The lowest BCUT2D eigenvalue weighted by molar-refractivity contribution is 0.0364. The molecule has 0 aromatic heterocycles. The maximum atomic E-state index is 5.65. The number of likely N-dealkylation sites (tertiary alicyclic amines) is 1. The Morgan fingerprint density at radius 3 is 1.93 bits per heavy atom. The van der Waals surface area contributed by atoms with Crippen molar-refractivity contribution in [3.63, 3.8) is 0 Å². The number of piperidine rings is 1. The molecule has 0 unspecified atom stereocenters. The van der Waals surface area contributed by atoms with E-state index in [0.29, 0.717) is 11.5 Å². The largest absolute Gasteiger partial charge is 0.377 e. The summed E-state index contributed by atoms with van der Waals surface area (Å²) in [5.74, 6) is 1.71. The Morgan fingerprint density at radius 2 is 1.50 bits per heavy atom. The third kappa shape index (κ3) is 10.6. The molecule has 0 saturated carbocycles. The van der Waals surface area contributed by atoms with E-state index in [2.05, 4.69) is 70.5 Å². The molecule has 4 heteroatoms. The van der Waals surface area contributed by atoms with Crippen LogP contribution < -0.4 is 5.32 Å². The van der Waals surface area contributed by atoms with Gasteiger partial charge in [0.25, 0.3) is 0 Å². The molecular formula is C24H51N3O. The first-order valence-electron chi connectivity index (χ1n) is 11.9. The molecule has 168 valence electrons. The van der Waals surface area contributed by atoms with Gasteiger partial charge in [-0.15, -0.1) is 0 Å². The van der Waals surface area contributed by atoms with Crippen molar-refractivity contribution in [3.8, 4) is 0 Å². The quantitative estimate of drug-likeness (QED) is 0.653. The molecule has 0 bridgehead atoms. The zero-order valence-electron chi connectivity index (χ0n) is 20.4. The molecule has 1 N–H and O–H groups in total. The first-order chi connectivity index (χ1) is 13.1. The molecule has 0 atom stereocenters. The van der Waals surface area contributed by atoms with Crippen molar-refractivity contribution in [1.29, 1.82) is 0 Å². The van der Waals surface area contributed by atoms with E-state index in [1.54, 1.807) is 0 Å². The number of nitrogens with zero attached hydrogens (tertiary/aromatic N) is 2. The van der Waals surface area contributed by atoms with E-state index >= 15 is 0 Å². The van der Waals surface area contributed by atoms with Gasteiger partial charge in [0.1, 0.15) is 0 Å². The smallest absolute Gasteiger partial charge is 0.0596 e. The number of nitrogens with one attached hydrogen (secondary N) is 1. The zero-order chi connectivity index (χ0) is 21.2. The average Bonchev–Trinajstić information content (AvgIpc) is 2.62. The fourth-order valence-electron chi connectivity index (χ4n) is 4.77. The third-order valence-corrected chi connectivity index (χ3v) is 6.37. The summed E-state index contributed by atoms with van der Waals surface area (Å²) in [6.45, 7) is 27.6. The normalized spacial score (nSPS) is 20.7. The van der Waals surface area contributed by atoms with Crippen molar-refractivity contribution < 1.29 is 4.74 Å². The maximum Gasteiger partial charge on any atom is 0.0596 e. The molecule has 4 nitrogen and oxygen atoms in total.